The minimum Gasteiger partial charge on any atom is -0.792 e. The minimum atomic E-state index is 0. The van der Waals surface area contributed by atoms with Crippen molar-refractivity contribution in [2.45, 2.75) is 83.1 Å². The van der Waals surface area contributed by atoms with Gasteiger partial charge in [0.1, 0.15) is 0 Å². The third kappa shape index (κ3) is 145. The average molecular weight is 439 g/mol. The van der Waals surface area contributed by atoms with Gasteiger partial charge in [0.05, 0.1) is 0 Å². The average Bonchev–Trinajstić information content (AvgIpc) is 2.14. The summed E-state index contributed by atoms with van der Waals surface area (Å²) in [6.45, 7) is 25.3. The van der Waals surface area contributed by atoms with Crippen molar-refractivity contribution in [3.8, 4) is 0 Å². The van der Waals surface area contributed by atoms with Crippen molar-refractivity contribution in [2.75, 3.05) is 11.5 Å². The van der Waals surface area contributed by atoms with Crippen LogP contribution in [0.5, 0.6) is 0 Å². The maximum atomic E-state index is 4.79. The van der Waals surface area contributed by atoms with E-state index in [1.807, 2.05) is 0 Å². The van der Waals surface area contributed by atoms with Gasteiger partial charge in [-0.05, 0) is 11.8 Å². The molecule has 0 aliphatic rings. The quantitative estimate of drug-likeness (QED) is 0.335. The van der Waals surface area contributed by atoms with Crippen molar-refractivity contribution >= 4 is 49.2 Å². The fourth-order valence-electron chi connectivity index (χ4n) is 0. The Morgan fingerprint density at radius 3 is 0.619 bits per heavy atom. The van der Waals surface area contributed by atoms with Gasteiger partial charge in [-0.3, -0.25) is 0 Å². The zero-order valence-electron chi connectivity index (χ0n) is 16.7. The van der Waals surface area contributed by atoms with Crippen LogP contribution >= 0.6 is 0 Å². The van der Waals surface area contributed by atoms with Crippen LogP contribution in [0.4, 0.5) is 0 Å². The Hall–Kier alpha value is 1.50. The third-order valence-electron chi connectivity index (χ3n) is 0.866. The van der Waals surface area contributed by atoms with Crippen molar-refractivity contribution < 1.29 is 0 Å². The van der Waals surface area contributed by atoms with E-state index >= 15 is 0 Å². The molecule has 3 heteroatoms. The van der Waals surface area contributed by atoms with E-state index in [2.05, 4.69) is 83.1 Å². The second kappa shape index (κ2) is 19.5. The summed E-state index contributed by atoms with van der Waals surface area (Å²) >= 11 is 9.58. The van der Waals surface area contributed by atoms with E-state index in [-0.39, 0.29) is 23.9 Å². The van der Waals surface area contributed by atoms with Crippen LogP contribution in [0.15, 0.2) is 0 Å². The summed E-state index contributed by atoms with van der Waals surface area (Å²) in [6, 6.07) is 0. The van der Waals surface area contributed by atoms with Crippen molar-refractivity contribution in [3.63, 3.8) is 0 Å². The number of hydrogen-bond acceptors (Lipinski definition) is 2. The van der Waals surface area contributed by atoms with Gasteiger partial charge in [0.25, 0.3) is 0 Å². The van der Waals surface area contributed by atoms with Crippen LogP contribution in [0.25, 0.3) is 0 Å². The van der Waals surface area contributed by atoms with E-state index in [9.17, 15) is 0 Å². The Balaban J connectivity index is -0.0000000544. The summed E-state index contributed by atoms with van der Waals surface area (Å²) in [5.41, 5.74) is 0.713. The van der Waals surface area contributed by atoms with Crippen LogP contribution in [-0.4, -0.2) is 35.4 Å². The van der Waals surface area contributed by atoms with Gasteiger partial charge in [-0.2, -0.15) is 11.5 Å². The molecule has 0 saturated heterocycles. The summed E-state index contributed by atoms with van der Waals surface area (Å²) in [5, 5.41) is 0. The van der Waals surface area contributed by atoms with Crippen molar-refractivity contribution in [3.05, 3.63) is 11.8 Å². The Kier molecular flexibility index (Phi) is 31.6. The number of rotatable bonds is 0. The standard InChI is InChI=1S/2C5H12S.2C4H9.Sn/c2*1-5(2,3)4-6;2*1-4(2)3;/h2*6H,4H2,1-3H3;2*1-3H3;/q;;;;+2/p-2. The van der Waals surface area contributed by atoms with Crippen molar-refractivity contribution in [1.29, 1.82) is 0 Å². The molecule has 21 heavy (non-hydrogen) atoms. The predicted molar refractivity (Wildman–Crippen MR) is 110 cm³/mol. The molecule has 0 atom stereocenters. The third-order valence-corrected chi connectivity index (χ3v) is 2.60. The normalized spacial score (nSPS) is 10.3. The Morgan fingerprint density at radius 2 is 0.619 bits per heavy atom. The monoisotopic (exact) mass is 440 g/mol. The summed E-state index contributed by atoms with van der Waals surface area (Å²) in [4.78, 5) is 0. The molecule has 0 amide bonds. The molecular formula is C18H40S2Sn. The molecule has 0 unspecified atom stereocenters. The first kappa shape index (κ1) is 34.0. The Morgan fingerprint density at radius 1 is 0.571 bits per heavy atom. The molecule has 0 N–H and O–H groups in total. The number of hydrogen-bond donors (Lipinski definition) is 0. The largest absolute Gasteiger partial charge is 2.00 e. The first-order valence-corrected chi connectivity index (χ1v) is 8.44. The molecule has 0 aromatic rings. The molecule has 0 saturated carbocycles. The van der Waals surface area contributed by atoms with Gasteiger partial charge in [-0.25, -0.2) is 0 Å². The van der Waals surface area contributed by atoms with E-state index in [1.165, 1.54) is 11.8 Å². The zero-order valence-corrected chi connectivity index (χ0v) is 21.2. The van der Waals surface area contributed by atoms with Crippen LogP contribution in [0.2, 0.25) is 0 Å². The predicted octanol–water partition coefficient (Wildman–Crippen LogP) is 6.02. The second-order valence-corrected chi connectivity index (χ2v) is 8.99. The van der Waals surface area contributed by atoms with Gasteiger partial charge < -0.3 is 25.3 Å². The minimum absolute atomic E-state index is 0. The summed E-state index contributed by atoms with van der Waals surface area (Å²) in [5.74, 6) is 4.54. The molecule has 0 aliphatic heterocycles. The molecule has 0 rings (SSSR count). The molecule has 0 bridgehead atoms. The van der Waals surface area contributed by atoms with Crippen LogP contribution in [0, 0.1) is 22.7 Å². The van der Waals surface area contributed by atoms with Gasteiger partial charge in [0.15, 0.2) is 0 Å². The van der Waals surface area contributed by atoms with Crippen LogP contribution in [-0.2, 0) is 25.3 Å². The van der Waals surface area contributed by atoms with E-state index in [0.29, 0.717) is 10.8 Å². The summed E-state index contributed by atoms with van der Waals surface area (Å²) in [6.07, 6.45) is 0. The van der Waals surface area contributed by atoms with E-state index in [4.69, 9.17) is 25.3 Å². The van der Waals surface area contributed by atoms with Crippen LogP contribution < -0.4 is 0 Å². The molecule has 0 nitrogen and oxygen atoms in total. The fraction of sp³-hybridized carbons (Fsp3) is 0.889. The maximum absolute atomic E-state index is 4.79. The second-order valence-electron chi connectivity index (χ2n) is 8.41. The molecule has 0 aromatic heterocycles. The van der Waals surface area contributed by atoms with Gasteiger partial charge in [0, 0.05) is 0 Å². The Bertz CT molecular complexity index is 140. The molecule has 0 aromatic carbocycles. The topological polar surface area (TPSA) is 0 Å². The smallest absolute Gasteiger partial charge is 0.792 e. The molecule has 128 valence electrons. The van der Waals surface area contributed by atoms with Gasteiger partial charge in [-0.15, -0.1) is 0 Å². The van der Waals surface area contributed by atoms with Gasteiger partial charge in [0.2, 0.25) is 0 Å². The molecule has 0 fully saturated rings. The van der Waals surface area contributed by atoms with Crippen molar-refractivity contribution in [1.82, 2.24) is 0 Å². The maximum Gasteiger partial charge on any atom is 2.00 e. The van der Waals surface area contributed by atoms with Crippen LogP contribution in [0.3, 0.4) is 0 Å². The molecule has 4 radical (unpaired) electrons. The zero-order chi connectivity index (χ0) is 17.6. The van der Waals surface area contributed by atoms with Gasteiger partial charge >= 0.3 is 23.9 Å². The molecular weight excluding hydrogens is 399 g/mol. The van der Waals surface area contributed by atoms with E-state index < -0.39 is 0 Å². The molecule has 0 spiro atoms. The van der Waals surface area contributed by atoms with Crippen LogP contribution in [0.1, 0.15) is 83.1 Å². The SMILES string of the molecule is CC(C)(C)C[S-].CC(C)(C)C[S-].C[C](C)C.C[C](C)C.[Sn+2]. The summed E-state index contributed by atoms with van der Waals surface area (Å²) in [7, 11) is 0. The first-order valence-electron chi connectivity index (χ1n) is 7.28. The molecule has 0 heterocycles. The van der Waals surface area contributed by atoms with Crippen molar-refractivity contribution in [2.24, 2.45) is 10.8 Å². The summed E-state index contributed by atoms with van der Waals surface area (Å²) < 4.78 is 0. The van der Waals surface area contributed by atoms with E-state index in [0.717, 1.165) is 11.5 Å². The fourth-order valence-corrected chi connectivity index (χ4v) is 0. The molecule has 0 aliphatic carbocycles. The van der Waals surface area contributed by atoms with E-state index in [1.54, 1.807) is 0 Å². The first-order chi connectivity index (χ1) is 8.59. The van der Waals surface area contributed by atoms with Gasteiger partial charge in [-0.1, -0.05) is 93.9 Å². The Labute approximate surface area is 165 Å².